The van der Waals surface area contributed by atoms with E-state index >= 15 is 0 Å². The number of anilines is 2. The molecular formula is C18H22N2O2. The fourth-order valence-corrected chi connectivity index (χ4v) is 2.15. The number of methoxy groups -OCH3 is 1. The molecule has 0 aliphatic carbocycles. The number of benzene rings is 2. The predicted molar refractivity (Wildman–Crippen MR) is 90.6 cm³/mol. The van der Waals surface area contributed by atoms with Gasteiger partial charge in [-0.2, -0.15) is 0 Å². The summed E-state index contributed by atoms with van der Waals surface area (Å²) < 4.78 is 5.17. The van der Waals surface area contributed by atoms with Gasteiger partial charge in [-0.3, -0.25) is 4.79 Å². The normalized spacial score (nSPS) is 10.1. The zero-order valence-corrected chi connectivity index (χ0v) is 13.3. The molecule has 0 saturated heterocycles. The molecule has 2 aromatic carbocycles. The van der Waals surface area contributed by atoms with Gasteiger partial charge in [-0.15, -0.1) is 0 Å². The molecule has 0 aliphatic rings. The number of nitrogens with one attached hydrogen (secondary N) is 2. The van der Waals surface area contributed by atoms with Crippen molar-refractivity contribution in [2.45, 2.75) is 20.3 Å². The van der Waals surface area contributed by atoms with Crippen molar-refractivity contribution < 1.29 is 9.53 Å². The zero-order chi connectivity index (χ0) is 15.9. The summed E-state index contributed by atoms with van der Waals surface area (Å²) in [7, 11) is 1.64. The molecule has 0 radical (unpaired) electrons. The van der Waals surface area contributed by atoms with Crippen LogP contribution in [0.4, 0.5) is 11.4 Å². The van der Waals surface area contributed by atoms with E-state index in [1.54, 1.807) is 7.11 Å². The summed E-state index contributed by atoms with van der Waals surface area (Å²) >= 11 is 0. The molecule has 4 heteroatoms. The van der Waals surface area contributed by atoms with Crippen LogP contribution in [0.5, 0.6) is 5.75 Å². The van der Waals surface area contributed by atoms with Crippen LogP contribution in [-0.2, 0) is 4.79 Å². The van der Waals surface area contributed by atoms with Gasteiger partial charge in [0.05, 0.1) is 7.11 Å². The topological polar surface area (TPSA) is 50.4 Å². The highest BCUT2D eigenvalue weighted by Crippen LogP contribution is 2.18. The standard InChI is InChI=1S/C18H22N2O2/c1-13-6-4-9-17(14(13)2)20-18(21)10-11-19-15-7-5-8-16(12-15)22-3/h4-9,12,19H,10-11H2,1-3H3,(H,20,21). The van der Waals surface area contributed by atoms with Gasteiger partial charge in [-0.1, -0.05) is 18.2 Å². The molecule has 2 N–H and O–H groups in total. The first-order chi connectivity index (χ1) is 10.6. The van der Waals surface area contributed by atoms with Crippen LogP contribution in [-0.4, -0.2) is 19.6 Å². The Labute approximate surface area is 131 Å². The van der Waals surface area contributed by atoms with Gasteiger partial charge in [0.15, 0.2) is 0 Å². The highest BCUT2D eigenvalue weighted by molar-refractivity contribution is 5.91. The molecule has 2 aromatic rings. The van der Waals surface area contributed by atoms with E-state index < -0.39 is 0 Å². The minimum atomic E-state index is 0.00379. The number of amides is 1. The number of aryl methyl sites for hydroxylation is 1. The van der Waals surface area contributed by atoms with Gasteiger partial charge in [0.25, 0.3) is 0 Å². The molecule has 4 nitrogen and oxygen atoms in total. The quantitative estimate of drug-likeness (QED) is 0.854. The minimum absolute atomic E-state index is 0.00379. The molecule has 0 saturated carbocycles. The summed E-state index contributed by atoms with van der Waals surface area (Å²) in [6.45, 7) is 4.62. The van der Waals surface area contributed by atoms with Gasteiger partial charge in [0, 0.05) is 30.4 Å². The van der Waals surface area contributed by atoms with Crippen molar-refractivity contribution in [1.82, 2.24) is 0 Å². The van der Waals surface area contributed by atoms with Crippen LogP contribution in [0.2, 0.25) is 0 Å². The number of hydrogen-bond donors (Lipinski definition) is 2. The molecule has 0 aliphatic heterocycles. The monoisotopic (exact) mass is 298 g/mol. The predicted octanol–water partition coefficient (Wildman–Crippen LogP) is 3.75. The van der Waals surface area contributed by atoms with E-state index in [9.17, 15) is 4.79 Å². The highest BCUT2D eigenvalue weighted by Gasteiger charge is 2.06. The fraction of sp³-hybridized carbons (Fsp3) is 0.278. The average molecular weight is 298 g/mol. The van der Waals surface area contributed by atoms with Crippen LogP contribution in [0.15, 0.2) is 42.5 Å². The van der Waals surface area contributed by atoms with Crippen LogP contribution < -0.4 is 15.4 Å². The summed E-state index contributed by atoms with van der Waals surface area (Å²) in [5.74, 6) is 0.800. The second-order valence-electron chi connectivity index (χ2n) is 5.20. The summed E-state index contributed by atoms with van der Waals surface area (Å²) in [6, 6.07) is 13.6. The molecule has 0 atom stereocenters. The Kier molecular flexibility index (Phi) is 5.42. The highest BCUT2D eigenvalue weighted by atomic mass is 16.5. The number of carbonyl (C=O) groups is 1. The van der Waals surface area contributed by atoms with Gasteiger partial charge in [0.1, 0.15) is 5.75 Å². The van der Waals surface area contributed by atoms with Gasteiger partial charge in [-0.05, 0) is 43.2 Å². The maximum Gasteiger partial charge on any atom is 0.226 e. The van der Waals surface area contributed by atoms with Crippen molar-refractivity contribution in [1.29, 1.82) is 0 Å². The van der Waals surface area contributed by atoms with Crippen LogP contribution in [0, 0.1) is 13.8 Å². The third kappa shape index (κ3) is 4.25. The maximum atomic E-state index is 12.0. The molecule has 0 bridgehead atoms. The molecule has 0 spiro atoms. The van der Waals surface area contributed by atoms with E-state index in [1.807, 2.05) is 56.3 Å². The van der Waals surface area contributed by atoms with Gasteiger partial charge < -0.3 is 15.4 Å². The summed E-state index contributed by atoms with van der Waals surface area (Å²) in [5, 5.41) is 6.18. The van der Waals surface area contributed by atoms with E-state index in [-0.39, 0.29) is 5.91 Å². The van der Waals surface area contributed by atoms with Crippen molar-refractivity contribution >= 4 is 17.3 Å². The lowest BCUT2D eigenvalue weighted by molar-refractivity contribution is -0.115. The number of rotatable bonds is 6. The molecule has 22 heavy (non-hydrogen) atoms. The zero-order valence-electron chi connectivity index (χ0n) is 13.3. The van der Waals surface area contributed by atoms with Gasteiger partial charge >= 0.3 is 0 Å². The Hall–Kier alpha value is -2.49. The number of carbonyl (C=O) groups excluding carboxylic acids is 1. The maximum absolute atomic E-state index is 12.0. The fourth-order valence-electron chi connectivity index (χ4n) is 2.15. The summed E-state index contributed by atoms with van der Waals surface area (Å²) in [4.78, 5) is 12.0. The van der Waals surface area contributed by atoms with Crippen molar-refractivity contribution in [3.63, 3.8) is 0 Å². The van der Waals surface area contributed by atoms with Crippen LogP contribution in [0.25, 0.3) is 0 Å². The first-order valence-corrected chi connectivity index (χ1v) is 7.34. The number of hydrogen-bond acceptors (Lipinski definition) is 3. The summed E-state index contributed by atoms with van der Waals surface area (Å²) in [5.41, 5.74) is 4.11. The van der Waals surface area contributed by atoms with E-state index in [4.69, 9.17) is 4.74 Å². The van der Waals surface area contributed by atoms with Crippen LogP contribution in [0.1, 0.15) is 17.5 Å². The third-order valence-electron chi connectivity index (χ3n) is 3.63. The van der Waals surface area contributed by atoms with Crippen molar-refractivity contribution in [3.8, 4) is 5.75 Å². The van der Waals surface area contributed by atoms with E-state index in [0.29, 0.717) is 13.0 Å². The van der Waals surface area contributed by atoms with Crippen LogP contribution >= 0.6 is 0 Å². The van der Waals surface area contributed by atoms with Crippen LogP contribution in [0.3, 0.4) is 0 Å². The molecule has 1 amide bonds. The number of ether oxygens (including phenoxy) is 1. The average Bonchev–Trinajstić information content (AvgIpc) is 2.52. The van der Waals surface area contributed by atoms with E-state index in [1.165, 1.54) is 5.56 Å². The molecule has 0 fully saturated rings. The van der Waals surface area contributed by atoms with E-state index in [2.05, 4.69) is 10.6 Å². The molecule has 0 unspecified atom stereocenters. The second kappa shape index (κ2) is 7.50. The lowest BCUT2D eigenvalue weighted by Crippen LogP contribution is -2.17. The Morgan fingerprint density at radius 2 is 1.91 bits per heavy atom. The molecule has 0 heterocycles. The Bertz CT molecular complexity index is 653. The largest absolute Gasteiger partial charge is 0.497 e. The molecule has 0 aromatic heterocycles. The summed E-state index contributed by atoms with van der Waals surface area (Å²) in [6.07, 6.45) is 0.407. The van der Waals surface area contributed by atoms with E-state index in [0.717, 1.165) is 22.7 Å². The Balaban J connectivity index is 1.84. The Morgan fingerprint density at radius 3 is 2.68 bits per heavy atom. The van der Waals surface area contributed by atoms with Crippen molar-refractivity contribution in [3.05, 3.63) is 53.6 Å². The second-order valence-corrected chi connectivity index (χ2v) is 5.20. The lowest BCUT2D eigenvalue weighted by Gasteiger charge is -2.11. The van der Waals surface area contributed by atoms with Gasteiger partial charge in [0.2, 0.25) is 5.91 Å². The van der Waals surface area contributed by atoms with Crippen molar-refractivity contribution in [2.75, 3.05) is 24.3 Å². The smallest absolute Gasteiger partial charge is 0.226 e. The SMILES string of the molecule is COc1cccc(NCCC(=O)Nc2cccc(C)c2C)c1. The van der Waals surface area contributed by atoms with Gasteiger partial charge in [-0.25, -0.2) is 0 Å². The minimum Gasteiger partial charge on any atom is -0.497 e. The first kappa shape index (κ1) is 15.9. The lowest BCUT2D eigenvalue weighted by atomic mass is 10.1. The molecule has 116 valence electrons. The molecule has 2 rings (SSSR count). The third-order valence-corrected chi connectivity index (χ3v) is 3.63. The molecular weight excluding hydrogens is 276 g/mol. The Morgan fingerprint density at radius 1 is 1.14 bits per heavy atom. The van der Waals surface area contributed by atoms with Crippen molar-refractivity contribution in [2.24, 2.45) is 0 Å². The first-order valence-electron chi connectivity index (χ1n) is 7.34.